The number of phenolic OH excluding ortho intramolecular Hbond substituents is 1. The number of phenols is 1. The van der Waals surface area contributed by atoms with Crippen LogP contribution in [0, 0.1) is 5.41 Å². The summed E-state index contributed by atoms with van der Waals surface area (Å²) in [5.74, 6) is -1.46. The largest absolute Gasteiger partial charge is 0.507 e. The summed E-state index contributed by atoms with van der Waals surface area (Å²) >= 11 is 0. The number of ether oxygens (including phenoxy) is 2. The molecule has 0 radical (unpaired) electrons. The van der Waals surface area contributed by atoms with E-state index in [9.17, 15) is 14.7 Å². The van der Waals surface area contributed by atoms with Gasteiger partial charge in [-0.25, -0.2) is 0 Å². The highest BCUT2D eigenvalue weighted by molar-refractivity contribution is 6.00. The number of unbranched alkanes of at least 4 members (excludes halogenated alkanes) is 1. The standard InChI is InChI=1S/C46H72N2O7/c1-18-21-22-46(25-30-23-33(40(4,5)6)37(51)34(24-30)41(7,8)9,38(52)54-31-26-42(10,11)47(35(49)19-2)43(12,13)27-31)39(53)55-32-28-44(14,15)48(36(50)20-3)45(16,17)29-32/h19-20,23-24,31-32,51H,2-3,18,21-22,25-29H2,1,4-17H3. The second-order valence-electron chi connectivity index (χ2n) is 20.8. The van der Waals surface area contributed by atoms with Crippen molar-refractivity contribution in [3.05, 3.63) is 54.1 Å². The molecule has 2 fully saturated rings. The lowest BCUT2D eigenvalue weighted by atomic mass is 9.73. The molecule has 1 N–H and O–H groups in total. The number of esters is 2. The van der Waals surface area contributed by atoms with E-state index >= 15 is 9.59 Å². The Hall–Kier alpha value is -3.62. The van der Waals surface area contributed by atoms with Crippen LogP contribution in [0.2, 0.25) is 0 Å². The van der Waals surface area contributed by atoms with Gasteiger partial charge in [0.2, 0.25) is 11.8 Å². The number of likely N-dealkylation sites (tertiary alicyclic amines) is 2. The third-order valence-corrected chi connectivity index (χ3v) is 11.7. The number of rotatable bonds is 11. The highest BCUT2D eigenvalue weighted by Gasteiger charge is 2.55. The van der Waals surface area contributed by atoms with Crippen LogP contribution in [-0.2, 0) is 45.9 Å². The summed E-state index contributed by atoms with van der Waals surface area (Å²) in [5, 5.41) is 11.6. The van der Waals surface area contributed by atoms with Gasteiger partial charge in [0.15, 0.2) is 5.41 Å². The minimum atomic E-state index is -1.72. The summed E-state index contributed by atoms with van der Waals surface area (Å²) in [6.07, 6.45) is 4.46. The van der Waals surface area contributed by atoms with Crippen molar-refractivity contribution in [3.8, 4) is 5.75 Å². The highest BCUT2D eigenvalue weighted by atomic mass is 16.6. The molecule has 2 aliphatic heterocycles. The van der Waals surface area contributed by atoms with Crippen molar-refractivity contribution >= 4 is 23.8 Å². The summed E-state index contributed by atoms with van der Waals surface area (Å²) in [6, 6.07) is 3.84. The number of hydrogen-bond acceptors (Lipinski definition) is 7. The summed E-state index contributed by atoms with van der Waals surface area (Å²) < 4.78 is 13.0. The second kappa shape index (κ2) is 15.7. The fraction of sp³-hybridized carbons (Fsp3) is 0.696. The molecule has 0 unspecified atom stereocenters. The summed E-state index contributed by atoms with van der Waals surface area (Å²) in [6.45, 7) is 37.3. The molecule has 1 aromatic carbocycles. The van der Waals surface area contributed by atoms with Crippen LogP contribution >= 0.6 is 0 Å². The van der Waals surface area contributed by atoms with E-state index in [1.54, 1.807) is 9.80 Å². The molecule has 0 spiro atoms. The predicted octanol–water partition coefficient (Wildman–Crippen LogP) is 9.26. The minimum Gasteiger partial charge on any atom is -0.507 e. The van der Waals surface area contributed by atoms with E-state index in [-0.39, 0.29) is 30.4 Å². The Balaban J connectivity index is 2.23. The van der Waals surface area contributed by atoms with Gasteiger partial charge in [0.25, 0.3) is 0 Å². The molecule has 2 saturated heterocycles. The van der Waals surface area contributed by atoms with Crippen LogP contribution in [0.5, 0.6) is 5.75 Å². The van der Waals surface area contributed by atoms with Crippen molar-refractivity contribution in [2.45, 2.75) is 200 Å². The highest BCUT2D eigenvalue weighted by Crippen LogP contribution is 2.46. The van der Waals surface area contributed by atoms with Gasteiger partial charge >= 0.3 is 11.9 Å². The van der Waals surface area contributed by atoms with E-state index in [0.29, 0.717) is 32.1 Å². The van der Waals surface area contributed by atoms with Gasteiger partial charge in [-0.05, 0) is 108 Å². The first kappa shape index (κ1) is 45.8. The number of hydrogen-bond donors (Lipinski definition) is 1. The van der Waals surface area contributed by atoms with Crippen LogP contribution in [0.15, 0.2) is 37.4 Å². The molecule has 55 heavy (non-hydrogen) atoms. The van der Waals surface area contributed by atoms with Crippen LogP contribution in [0.3, 0.4) is 0 Å². The summed E-state index contributed by atoms with van der Waals surface area (Å²) in [5.41, 5.74) is -3.07. The number of aromatic hydroxyl groups is 1. The summed E-state index contributed by atoms with van der Waals surface area (Å²) in [7, 11) is 0. The molecule has 2 heterocycles. The zero-order valence-electron chi connectivity index (χ0n) is 36.8. The lowest BCUT2D eigenvalue weighted by Crippen LogP contribution is -2.64. The van der Waals surface area contributed by atoms with Gasteiger partial charge in [0, 0.05) is 47.8 Å². The average molecular weight is 765 g/mol. The minimum absolute atomic E-state index is 0.0122. The van der Waals surface area contributed by atoms with Gasteiger partial charge < -0.3 is 24.4 Å². The van der Waals surface area contributed by atoms with Gasteiger partial charge in [-0.1, -0.05) is 86.6 Å². The molecule has 0 bridgehead atoms. The van der Waals surface area contributed by atoms with Crippen LogP contribution in [0.25, 0.3) is 0 Å². The quantitative estimate of drug-likeness (QED) is 0.136. The van der Waals surface area contributed by atoms with Crippen molar-refractivity contribution in [2.75, 3.05) is 0 Å². The summed E-state index contributed by atoms with van der Waals surface area (Å²) in [4.78, 5) is 60.1. The molecular weight excluding hydrogens is 693 g/mol. The van der Waals surface area contributed by atoms with Crippen molar-refractivity contribution in [2.24, 2.45) is 5.41 Å². The Morgan fingerprint density at radius 1 is 0.709 bits per heavy atom. The molecular formula is C46H72N2O7. The Morgan fingerprint density at radius 3 is 1.31 bits per heavy atom. The van der Waals surface area contributed by atoms with E-state index in [1.165, 1.54) is 12.2 Å². The zero-order chi connectivity index (χ0) is 42.3. The third kappa shape index (κ3) is 9.68. The molecule has 0 saturated carbocycles. The molecule has 9 nitrogen and oxygen atoms in total. The number of piperidine rings is 2. The maximum atomic E-state index is 15.2. The number of carbonyl (C=O) groups excluding carboxylic acids is 4. The molecule has 1 aromatic rings. The van der Waals surface area contributed by atoms with E-state index < -0.39 is 62.5 Å². The van der Waals surface area contributed by atoms with Crippen LogP contribution in [0.4, 0.5) is 0 Å². The Kier molecular flexibility index (Phi) is 13.1. The van der Waals surface area contributed by atoms with Crippen molar-refractivity contribution in [3.63, 3.8) is 0 Å². The number of benzene rings is 1. The molecule has 2 aliphatic rings. The van der Waals surface area contributed by atoms with E-state index in [2.05, 4.69) is 13.2 Å². The normalized spacial score (nSPS) is 20.1. The van der Waals surface area contributed by atoms with Gasteiger partial charge in [-0.15, -0.1) is 0 Å². The monoisotopic (exact) mass is 765 g/mol. The molecule has 0 aliphatic carbocycles. The first-order chi connectivity index (χ1) is 24.9. The van der Waals surface area contributed by atoms with Crippen LogP contribution in [0.1, 0.15) is 165 Å². The second-order valence-corrected chi connectivity index (χ2v) is 20.8. The van der Waals surface area contributed by atoms with E-state index in [0.717, 1.165) is 23.1 Å². The Labute approximate surface area is 332 Å². The topological polar surface area (TPSA) is 113 Å². The lowest BCUT2D eigenvalue weighted by molar-refractivity contribution is -0.189. The SMILES string of the molecule is C=CC(=O)N1C(C)(C)CC(OC(=O)C(CCCC)(Cc2cc(C(C)(C)C)c(O)c(C(C)(C)C)c2)C(=O)OC2CC(C)(C)N(C(=O)C=C)C(C)(C)C2)CC1(C)C. The Bertz CT molecular complexity index is 1510. The lowest BCUT2D eigenvalue weighted by Gasteiger charge is -2.55. The van der Waals surface area contributed by atoms with Crippen molar-refractivity contribution < 1.29 is 33.8 Å². The first-order valence-electron chi connectivity index (χ1n) is 20.1. The first-order valence-corrected chi connectivity index (χ1v) is 20.1. The van der Waals surface area contributed by atoms with Gasteiger partial charge in [-0.2, -0.15) is 0 Å². The van der Waals surface area contributed by atoms with Crippen LogP contribution in [-0.4, -0.2) is 73.0 Å². The molecule has 308 valence electrons. The molecule has 9 heteroatoms. The molecule has 3 rings (SSSR count). The number of nitrogens with zero attached hydrogens (tertiary/aromatic N) is 2. The maximum absolute atomic E-state index is 15.2. The average Bonchev–Trinajstić information content (AvgIpc) is 2.99. The zero-order valence-corrected chi connectivity index (χ0v) is 36.8. The van der Waals surface area contributed by atoms with Crippen molar-refractivity contribution in [1.29, 1.82) is 0 Å². The Morgan fingerprint density at radius 2 is 1.04 bits per heavy atom. The van der Waals surface area contributed by atoms with Gasteiger partial charge in [0.05, 0.1) is 0 Å². The smallest absolute Gasteiger partial charge is 0.324 e. The van der Waals surface area contributed by atoms with Gasteiger partial charge in [0.1, 0.15) is 18.0 Å². The van der Waals surface area contributed by atoms with E-state index in [4.69, 9.17) is 9.47 Å². The number of amides is 2. The maximum Gasteiger partial charge on any atom is 0.324 e. The fourth-order valence-electron chi connectivity index (χ4n) is 9.73. The van der Waals surface area contributed by atoms with Gasteiger partial charge in [-0.3, -0.25) is 19.2 Å². The third-order valence-electron chi connectivity index (χ3n) is 11.7. The molecule has 2 amide bonds. The van der Waals surface area contributed by atoms with Crippen molar-refractivity contribution in [1.82, 2.24) is 9.80 Å². The predicted molar refractivity (Wildman–Crippen MR) is 220 cm³/mol. The number of carbonyl (C=O) groups is 4. The fourth-order valence-corrected chi connectivity index (χ4v) is 9.73. The molecule has 0 aromatic heterocycles. The van der Waals surface area contributed by atoms with Crippen LogP contribution < -0.4 is 0 Å². The van der Waals surface area contributed by atoms with E-state index in [1.807, 2.05) is 116 Å². The molecule has 0 atom stereocenters.